The summed E-state index contributed by atoms with van der Waals surface area (Å²) in [7, 11) is -1.93. The average Bonchev–Trinajstić information content (AvgIpc) is 2.47. The van der Waals surface area contributed by atoms with Gasteiger partial charge in [-0.2, -0.15) is 0 Å². The van der Waals surface area contributed by atoms with Crippen LogP contribution >= 0.6 is 0 Å². The second-order valence-corrected chi connectivity index (χ2v) is 26.1. The molecule has 0 nitrogen and oxygen atoms in total. The van der Waals surface area contributed by atoms with Crippen molar-refractivity contribution in [1.29, 1.82) is 0 Å². The zero-order chi connectivity index (χ0) is 13.0. The predicted molar refractivity (Wildman–Crippen MR) is 91.2 cm³/mol. The maximum atomic E-state index is 2.62. The van der Waals surface area contributed by atoms with E-state index in [0.29, 0.717) is 0 Å². The van der Waals surface area contributed by atoms with Crippen LogP contribution < -0.4 is 10.4 Å². The van der Waals surface area contributed by atoms with Gasteiger partial charge in [-0.1, -0.05) is 90.7 Å². The van der Waals surface area contributed by atoms with Gasteiger partial charge in [0.15, 0.2) is 0 Å². The molecule has 0 aliphatic heterocycles. The molecule has 0 radical (unpaired) electrons. The Bertz CT molecular complexity index is 424. The molecule has 2 unspecified atom stereocenters. The molecule has 2 aromatic rings. The lowest BCUT2D eigenvalue weighted by atomic mass is 10.4. The molecule has 0 aromatic heterocycles. The summed E-state index contributed by atoms with van der Waals surface area (Å²) in [5, 5.41) is 3.35. The average molecular weight is 287 g/mol. The molecule has 0 amide bonds. The summed E-state index contributed by atoms with van der Waals surface area (Å²) in [5.74, 6) is 0. The summed E-state index contributed by atoms with van der Waals surface area (Å²) in [6.45, 7) is 7.76. The highest BCUT2D eigenvalue weighted by Crippen LogP contribution is 2.00. The molecule has 0 aliphatic rings. The van der Waals surface area contributed by atoms with E-state index >= 15 is 0 Å². The van der Waals surface area contributed by atoms with Crippen molar-refractivity contribution in [2.75, 3.05) is 0 Å². The summed E-state index contributed by atoms with van der Waals surface area (Å²) in [5.41, 5.74) is 0. The summed E-state index contributed by atoms with van der Waals surface area (Å²) in [4.78, 5) is 0. The molecule has 2 atom stereocenters. The van der Waals surface area contributed by atoms with Crippen LogP contribution in [0.15, 0.2) is 60.7 Å². The van der Waals surface area contributed by atoms with Crippen molar-refractivity contribution >= 4 is 34.8 Å². The minimum atomic E-state index is -0.682. The van der Waals surface area contributed by atoms with Crippen LogP contribution in [0.4, 0.5) is 0 Å². The Morgan fingerprint density at radius 1 is 0.556 bits per heavy atom. The third kappa shape index (κ3) is 3.10. The van der Waals surface area contributed by atoms with Crippen LogP contribution in [0.2, 0.25) is 19.6 Å². The van der Waals surface area contributed by atoms with Crippen LogP contribution in [-0.4, -0.2) is 24.5 Å². The quantitative estimate of drug-likeness (QED) is 0.748. The third-order valence-electron chi connectivity index (χ3n) is 4.23. The van der Waals surface area contributed by atoms with Gasteiger partial charge in [0.2, 0.25) is 0 Å². The highest BCUT2D eigenvalue weighted by Gasteiger charge is 2.24. The fourth-order valence-electron chi connectivity index (χ4n) is 2.55. The largest absolute Gasteiger partial charge is 0.0755 e. The van der Waals surface area contributed by atoms with E-state index in [0.717, 1.165) is 0 Å². The van der Waals surface area contributed by atoms with Gasteiger partial charge in [0.05, 0.1) is 16.6 Å². The van der Waals surface area contributed by atoms with E-state index in [1.165, 1.54) is 0 Å². The van der Waals surface area contributed by atoms with Crippen LogP contribution in [0.25, 0.3) is 0 Å². The lowest BCUT2D eigenvalue weighted by Gasteiger charge is -2.23. The van der Waals surface area contributed by atoms with E-state index in [-0.39, 0.29) is 0 Å². The molecule has 18 heavy (non-hydrogen) atoms. The van der Waals surface area contributed by atoms with Gasteiger partial charge >= 0.3 is 0 Å². The maximum absolute atomic E-state index is 2.62. The molecular weight excluding hydrogens is 264 g/mol. The first-order valence-electron chi connectivity index (χ1n) is 6.80. The highest BCUT2D eigenvalue weighted by molar-refractivity contribution is 7.54. The molecule has 0 bridgehead atoms. The van der Waals surface area contributed by atoms with Crippen LogP contribution in [0, 0.1) is 0 Å². The Kier molecular flexibility index (Phi) is 4.74. The highest BCUT2D eigenvalue weighted by atomic mass is 29.6. The van der Waals surface area contributed by atoms with Crippen molar-refractivity contribution in [3.05, 3.63) is 60.7 Å². The Balaban J connectivity index is 2.14. The summed E-state index contributed by atoms with van der Waals surface area (Å²) < 4.78 is 0. The van der Waals surface area contributed by atoms with Crippen LogP contribution in [-0.2, 0) is 0 Å². The van der Waals surface area contributed by atoms with E-state index in [1.807, 2.05) is 0 Å². The van der Waals surface area contributed by atoms with E-state index in [2.05, 4.69) is 80.3 Å². The maximum Gasteiger partial charge on any atom is 0.0558 e. The van der Waals surface area contributed by atoms with Gasteiger partial charge in [-0.15, -0.1) is 0 Å². The van der Waals surface area contributed by atoms with Crippen molar-refractivity contribution in [3.63, 3.8) is 0 Å². The fourth-order valence-corrected chi connectivity index (χ4v) is 25.7. The zero-order valence-corrected chi connectivity index (χ0v) is 15.0. The van der Waals surface area contributed by atoms with Crippen LogP contribution in [0.5, 0.6) is 0 Å². The normalized spacial score (nSPS) is 15.9. The van der Waals surface area contributed by atoms with E-state index < -0.39 is 24.5 Å². The van der Waals surface area contributed by atoms with Crippen molar-refractivity contribution in [1.82, 2.24) is 0 Å². The minimum absolute atomic E-state index is 0.566. The molecule has 94 valence electrons. The van der Waals surface area contributed by atoms with Crippen molar-refractivity contribution in [2.24, 2.45) is 0 Å². The van der Waals surface area contributed by atoms with E-state index in [4.69, 9.17) is 0 Å². The van der Waals surface area contributed by atoms with Gasteiger partial charge in [-0.25, -0.2) is 0 Å². The Labute approximate surface area is 115 Å². The van der Waals surface area contributed by atoms with Gasteiger partial charge in [-0.05, 0) is 0 Å². The standard InChI is InChI=1S/C15H22Si3/c1-16(14-10-6-4-7-11-14)18(3)17(2)15-12-8-5-9-13-15/h4-13,16-18H,1-3H3. The number of hydrogen-bond donors (Lipinski definition) is 0. The van der Waals surface area contributed by atoms with Gasteiger partial charge in [-0.3, -0.25) is 0 Å². The van der Waals surface area contributed by atoms with Crippen LogP contribution in [0.3, 0.4) is 0 Å². The second kappa shape index (κ2) is 6.31. The fraction of sp³-hybridized carbons (Fsp3) is 0.200. The molecular formula is C15H22Si3. The van der Waals surface area contributed by atoms with Crippen molar-refractivity contribution in [3.8, 4) is 0 Å². The minimum Gasteiger partial charge on any atom is -0.0755 e. The molecule has 0 N–H and O–H groups in total. The Morgan fingerprint density at radius 3 is 1.22 bits per heavy atom. The molecule has 2 aromatic carbocycles. The van der Waals surface area contributed by atoms with E-state index in [9.17, 15) is 0 Å². The van der Waals surface area contributed by atoms with Gasteiger partial charge in [0.1, 0.15) is 0 Å². The third-order valence-corrected chi connectivity index (χ3v) is 32.4. The number of benzene rings is 2. The SMILES string of the molecule is C[SiH](c1ccccc1)[SiH](C)[SiH](C)c1ccccc1. The molecule has 0 aliphatic carbocycles. The summed E-state index contributed by atoms with van der Waals surface area (Å²) >= 11 is 0. The molecule has 0 heterocycles. The number of hydrogen-bond acceptors (Lipinski definition) is 0. The summed E-state index contributed by atoms with van der Waals surface area (Å²) in [6, 6.07) is 22.5. The van der Waals surface area contributed by atoms with Crippen molar-refractivity contribution in [2.45, 2.75) is 19.6 Å². The first-order valence-corrected chi connectivity index (χ1v) is 16.7. The van der Waals surface area contributed by atoms with Gasteiger partial charge < -0.3 is 0 Å². The topological polar surface area (TPSA) is 0 Å². The second-order valence-electron chi connectivity index (χ2n) is 5.26. The first-order chi connectivity index (χ1) is 8.70. The monoisotopic (exact) mass is 286 g/mol. The van der Waals surface area contributed by atoms with Crippen molar-refractivity contribution < 1.29 is 0 Å². The first kappa shape index (κ1) is 13.5. The lowest BCUT2D eigenvalue weighted by Crippen LogP contribution is -2.54. The molecule has 3 heteroatoms. The summed E-state index contributed by atoms with van der Waals surface area (Å²) in [6.07, 6.45) is 0. The molecule has 0 fully saturated rings. The van der Waals surface area contributed by atoms with E-state index in [1.54, 1.807) is 10.4 Å². The zero-order valence-electron chi connectivity index (χ0n) is 11.5. The Morgan fingerprint density at radius 2 is 0.889 bits per heavy atom. The van der Waals surface area contributed by atoms with Gasteiger partial charge in [0.25, 0.3) is 0 Å². The molecule has 0 saturated carbocycles. The smallest absolute Gasteiger partial charge is 0.0558 e. The lowest BCUT2D eigenvalue weighted by molar-refractivity contribution is 1.75. The van der Waals surface area contributed by atoms with Crippen LogP contribution in [0.1, 0.15) is 0 Å². The van der Waals surface area contributed by atoms with Gasteiger partial charge in [0, 0.05) is 7.83 Å². The molecule has 0 saturated heterocycles. The molecule has 2 rings (SSSR count). The molecule has 0 spiro atoms. The predicted octanol–water partition coefficient (Wildman–Crippen LogP) is 1.53. The Hall–Kier alpha value is -0.909. The number of rotatable bonds is 4.